The summed E-state index contributed by atoms with van der Waals surface area (Å²) in [7, 11) is 0. The molecule has 0 bridgehead atoms. The van der Waals surface area contributed by atoms with Crippen molar-refractivity contribution in [1.29, 1.82) is 0 Å². The maximum Gasteiger partial charge on any atom is 0.164 e. The highest BCUT2D eigenvalue weighted by molar-refractivity contribution is 7.11. The summed E-state index contributed by atoms with van der Waals surface area (Å²) in [5.74, 6) is 1.24. The predicted octanol–water partition coefficient (Wildman–Crippen LogP) is 6.71. The fourth-order valence-electron chi connectivity index (χ4n) is 3.86. The number of halogens is 1. The number of aryl methyl sites for hydroxylation is 1. The normalized spacial score (nSPS) is 11.7. The molecule has 3 heterocycles. The molecule has 2 aromatic carbocycles. The molecule has 2 N–H and O–H groups in total. The average molecular weight is 504 g/mol. The van der Waals surface area contributed by atoms with Gasteiger partial charge in [-0.15, -0.1) is 11.3 Å². The monoisotopic (exact) mass is 503 g/mol. The van der Waals surface area contributed by atoms with Crippen LogP contribution in [-0.2, 0) is 12.1 Å². The predicted molar refractivity (Wildman–Crippen MR) is 140 cm³/mol. The van der Waals surface area contributed by atoms with E-state index in [0.29, 0.717) is 46.4 Å². The lowest BCUT2D eigenvalue weighted by Crippen LogP contribution is -2.23. The summed E-state index contributed by atoms with van der Waals surface area (Å²) in [5, 5.41) is 5.51. The first kappa shape index (κ1) is 23.7. The second-order valence-electron chi connectivity index (χ2n) is 9.44. The van der Waals surface area contributed by atoms with Crippen LogP contribution < -0.4 is 15.2 Å². The highest BCUT2D eigenvalue weighted by atomic mass is 32.1. The molecule has 3 aromatic heterocycles. The number of thiophene rings is 1. The Morgan fingerprint density at radius 1 is 0.972 bits per heavy atom. The van der Waals surface area contributed by atoms with Gasteiger partial charge in [-0.3, -0.25) is 0 Å². The van der Waals surface area contributed by atoms with Crippen molar-refractivity contribution in [2.45, 2.75) is 39.8 Å². The molecule has 7 nitrogen and oxygen atoms in total. The molecule has 9 heteroatoms. The van der Waals surface area contributed by atoms with Crippen LogP contribution in [0, 0.1) is 12.7 Å². The van der Waals surface area contributed by atoms with Crippen LogP contribution in [-0.4, -0.2) is 19.7 Å². The second-order valence-corrected chi connectivity index (χ2v) is 10.8. The largest absolute Gasteiger partial charge is 0.488 e. The average Bonchev–Trinajstić information content (AvgIpc) is 3.42. The van der Waals surface area contributed by atoms with Crippen molar-refractivity contribution in [1.82, 2.24) is 19.7 Å². The van der Waals surface area contributed by atoms with Gasteiger partial charge in [0.2, 0.25) is 0 Å². The fraction of sp³-hybridized carbons (Fsp3) is 0.222. The van der Waals surface area contributed by atoms with E-state index >= 15 is 0 Å². The minimum atomic E-state index is -0.434. The molecular weight excluding hydrogens is 477 g/mol. The van der Waals surface area contributed by atoms with E-state index in [1.807, 2.05) is 35.9 Å². The fourth-order valence-corrected chi connectivity index (χ4v) is 4.66. The number of hydrogen-bond donors (Lipinski definition) is 1. The molecule has 0 spiro atoms. The Labute approximate surface area is 212 Å². The number of nitrogens with zero attached hydrogens (tertiary/aromatic N) is 4. The standard InChI is InChI=1S/C27H26FN5O2S/c1-16-5-10-22(36-16)14-34-20-11-18(28)12-21(13-20)35-19-8-6-17(7-9-19)24-23-25(29)30-15-31-26(23)33(32-24)27(2,3)4/h5-13,15H,14H2,1-4H3,(H2,29,30,31). The summed E-state index contributed by atoms with van der Waals surface area (Å²) >= 11 is 1.65. The first-order chi connectivity index (χ1) is 17.2. The number of benzene rings is 2. The van der Waals surface area contributed by atoms with Gasteiger partial charge in [-0.1, -0.05) is 0 Å². The number of fused-ring (bicyclic) bond motifs is 1. The van der Waals surface area contributed by atoms with Crippen LogP contribution >= 0.6 is 11.3 Å². The van der Waals surface area contributed by atoms with Crippen LogP contribution in [0.1, 0.15) is 30.5 Å². The number of ether oxygens (including phenoxy) is 2. The van der Waals surface area contributed by atoms with Gasteiger partial charge in [-0.25, -0.2) is 19.0 Å². The SMILES string of the molecule is Cc1ccc(COc2cc(F)cc(Oc3ccc(-c4nn(C(C)(C)C)c5ncnc(N)c45)cc3)c2)s1. The van der Waals surface area contributed by atoms with Gasteiger partial charge in [-0.05, 0) is 64.1 Å². The number of aromatic nitrogens is 4. The lowest BCUT2D eigenvalue weighted by atomic mass is 10.1. The van der Waals surface area contributed by atoms with Crippen LogP contribution in [0.2, 0.25) is 0 Å². The Morgan fingerprint density at radius 3 is 2.42 bits per heavy atom. The third-order valence-electron chi connectivity index (χ3n) is 5.51. The van der Waals surface area contributed by atoms with E-state index in [1.165, 1.54) is 23.3 Å². The summed E-state index contributed by atoms with van der Waals surface area (Å²) in [6.07, 6.45) is 1.45. The minimum absolute atomic E-state index is 0.292. The zero-order valence-corrected chi connectivity index (χ0v) is 21.3. The molecule has 0 aliphatic heterocycles. The Morgan fingerprint density at radius 2 is 1.72 bits per heavy atom. The Balaban J connectivity index is 1.39. The van der Waals surface area contributed by atoms with Crippen molar-refractivity contribution < 1.29 is 13.9 Å². The summed E-state index contributed by atoms with van der Waals surface area (Å²) in [6.45, 7) is 8.57. The zero-order chi connectivity index (χ0) is 25.4. The summed E-state index contributed by atoms with van der Waals surface area (Å²) in [6, 6.07) is 15.8. The number of anilines is 1. The molecule has 5 rings (SSSR count). The Kier molecular flexibility index (Phi) is 6.09. The van der Waals surface area contributed by atoms with E-state index in [1.54, 1.807) is 29.5 Å². The molecule has 36 heavy (non-hydrogen) atoms. The zero-order valence-electron chi connectivity index (χ0n) is 20.4. The molecule has 0 fully saturated rings. The summed E-state index contributed by atoms with van der Waals surface area (Å²) in [4.78, 5) is 10.8. The maximum atomic E-state index is 14.2. The molecular formula is C27H26FN5O2S. The molecule has 0 amide bonds. The van der Waals surface area contributed by atoms with Crippen LogP contribution in [0.15, 0.2) is 60.9 Å². The minimum Gasteiger partial charge on any atom is -0.488 e. The van der Waals surface area contributed by atoms with Crippen LogP contribution in [0.25, 0.3) is 22.3 Å². The number of nitrogen functional groups attached to an aromatic ring is 1. The van der Waals surface area contributed by atoms with Crippen molar-refractivity contribution in [3.05, 3.63) is 76.5 Å². The van der Waals surface area contributed by atoms with E-state index < -0.39 is 5.82 Å². The van der Waals surface area contributed by atoms with E-state index in [9.17, 15) is 4.39 Å². The van der Waals surface area contributed by atoms with Crippen molar-refractivity contribution in [2.24, 2.45) is 0 Å². The van der Waals surface area contributed by atoms with Gasteiger partial charge in [0.05, 0.1) is 10.9 Å². The van der Waals surface area contributed by atoms with E-state index in [-0.39, 0.29) is 5.54 Å². The Bertz CT molecular complexity index is 1540. The van der Waals surface area contributed by atoms with Gasteiger partial charge in [-0.2, -0.15) is 5.10 Å². The van der Waals surface area contributed by atoms with Crippen LogP contribution in [0.3, 0.4) is 0 Å². The molecule has 0 saturated carbocycles. The highest BCUT2D eigenvalue weighted by Gasteiger charge is 2.23. The van der Waals surface area contributed by atoms with Gasteiger partial charge in [0.1, 0.15) is 47.5 Å². The van der Waals surface area contributed by atoms with Crippen molar-refractivity contribution in [3.8, 4) is 28.5 Å². The van der Waals surface area contributed by atoms with E-state index in [0.717, 1.165) is 10.4 Å². The van der Waals surface area contributed by atoms with Gasteiger partial charge in [0, 0.05) is 33.5 Å². The molecule has 0 saturated heterocycles. The maximum absolute atomic E-state index is 14.2. The molecule has 0 aliphatic rings. The molecule has 5 aromatic rings. The first-order valence-corrected chi connectivity index (χ1v) is 12.3. The number of rotatable bonds is 6. The van der Waals surface area contributed by atoms with Crippen molar-refractivity contribution in [2.75, 3.05) is 5.73 Å². The third-order valence-corrected chi connectivity index (χ3v) is 6.49. The van der Waals surface area contributed by atoms with E-state index in [4.69, 9.17) is 20.3 Å². The molecule has 0 aliphatic carbocycles. The smallest absolute Gasteiger partial charge is 0.164 e. The third kappa shape index (κ3) is 4.87. The second kappa shape index (κ2) is 9.23. The number of nitrogens with two attached hydrogens (primary N) is 1. The molecule has 0 radical (unpaired) electrons. The van der Waals surface area contributed by atoms with Crippen LogP contribution in [0.5, 0.6) is 17.2 Å². The topological polar surface area (TPSA) is 88.1 Å². The van der Waals surface area contributed by atoms with Gasteiger partial charge in [0.15, 0.2) is 5.65 Å². The van der Waals surface area contributed by atoms with Crippen molar-refractivity contribution >= 4 is 28.2 Å². The van der Waals surface area contributed by atoms with Gasteiger partial charge in [0.25, 0.3) is 0 Å². The van der Waals surface area contributed by atoms with Crippen LogP contribution in [0.4, 0.5) is 10.2 Å². The lowest BCUT2D eigenvalue weighted by Gasteiger charge is -2.19. The molecule has 184 valence electrons. The summed E-state index contributed by atoms with van der Waals surface area (Å²) < 4.78 is 27.8. The number of hydrogen-bond acceptors (Lipinski definition) is 7. The molecule has 0 atom stereocenters. The Hall–Kier alpha value is -3.98. The van der Waals surface area contributed by atoms with Crippen molar-refractivity contribution in [3.63, 3.8) is 0 Å². The van der Waals surface area contributed by atoms with Gasteiger partial charge < -0.3 is 15.2 Å². The molecule has 0 unspecified atom stereocenters. The van der Waals surface area contributed by atoms with Gasteiger partial charge >= 0.3 is 0 Å². The lowest BCUT2D eigenvalue weighted by molar-refractivity contribution is 0.306. The van der Waals surface area contributed by atoms with E-state index in [2.05, 4.69) is 30.7 Å². The summed E-state index contributed by atoms with van der Waals surface area (Å²) in [5.41, 5.74) is 8.11. The quantitative estimate of drug-likeness (QED) is 0.277. The highest BCUT2D eigenvalue weighted by Crippen LogP contribution is 2.34. The first-order valence-electron chi connectivity index (χ1n) is 11.4.